The van der Waals surface area contributed by atoms with Gasteiger partial charge >= 0.3 is 6.09 Å². The molecule has 2 aromatic rings. The maximum atomic E-state index is 12.3. The molecule has 0 radical (unpaired) electrons. The predicted molar refractivity (Wildman–Crippen MR) is 131 cm³/mol. The fraction of sp³-hybridized carbons (Fsp3) is 0.360. The first kappa shape index (κ1) is 25.0. The van der Waals surface area contributed by atoms with E-state index >= 15 is 0 Å². The molecular weight excluding hydrogens is 480 g/mol. The molecule has 0 saturated carbocycles. The summed E-state index contributed by atoms with van der Waals surface area (Å²) >= 11 is 1.09. The summed E-state index contributed by atoms with van der Waals surface area (Å²) in [6.45, 7) is 2.51. The SMILES string of the molecule is CCc1c(C#N)c(SC(C(N)=O)c2ccccc2)nc(N2CCC(N3C(=O)COC3=O)CC2)c1C#N. The van der Waals surface area contributed by atoms with Crippen LogP contribution in [0, 0.1) is 22.7 Å². The van der Waals surface area contributed by atoms with Gasteiger partial charge in [-0.25, -0.2) is 14.7 Å². The number of hydrogen-bond acceptors (Lipinski definition) is 9. The molecule has 11 heteroatoms. The quantitative estimate of drug-likeness (QED) is 0.560. The van der Waals surface area contributed by atoms with Crippen LogP contribution in [0.15, 0.2) is 35.4 Å². The molecule has 10 nitrogen and oxygen atoms in total. The van der Waals surface area contributed by atoms with Crippen LogP contribution in [-0.2, 0) is 20.7 Å². The second-order valence-corrected chi connectivity index (χ2v) is 9.49. The molecule has 1 atom stereocenters. The minimum atomic E-state index is -0.769. The lowest BCUT2D eigenvalue weighted by molar-refractivity contribution is -0.127. The van der Waals surface area contributed by atoms with Gasteiger partial charge in [-0.2, -0.15) is 10.5 Å². The van der Waals surface area contributed by atoms with Crippen molar-refractivity contribution in [2.45, 2.75) is 42.5 Å². The number of nitrogens with zero attached hydrogens (tertiary/aromatic N) is 5. The lowest BCUT2D eigenvalue weighted by atomic mass is 9.99. The van der Waals surface area contributed by atoms with Crippen molar-refractivity contribution in [2.24, 2.45) is 5.73 Å². The Bertz CT molecular complexity index is 1260. The van der Waals surface area contributed by atoms with Gasteiger partial charge in [0.15, 0.2) is 6.61 Å². The van der Waals surface area contributed by atoms with E-state index in [1.54, 1.807) is 24.3 Å². The number of ether oxygens (including phenoxy) is 1. The summed E-state index contributed by atoms with van der Waals surface area (Å²) in [5.74, 6) is -0.497. The van der Waals surface area contributed by atoms with Crippen molar-refractivity contribution in [1.82, 2.24) is 9.88 Å². The van der Waals surface area contributed by atoms with E-state index in [0.717, 1.165) is 11.8 Å². The number of primary amides is 1. The van der Waals surface area contributed by atoms with Crippen LogP contribution in [0.4, 0.5) is 10.6 Å². The van der Waals surface area contributed by atoms with Gasteiger partial charge in [-0.15, -0.1) is 0 Å². The van der Waals surface area contributed by atoms with Crippen LogP contribution in [0.1, 0.15) is 47.3 Å². The minimum absolute atomic E-state index is 0.238. The maximum Gasteiger partial charge on any atom is 0.417 e. The number of cyclic esters (lactones) is 1. The number of carbonyl (C=O) groups excluding carboxylic acids is 3. The van der Waals surface area contributed by atoms with Gasteiger partial charge in [-0.1, -0.05) is 49.0 Å². The summed E-state index contributed by atoms with van der Waals surface area (Å²) in [4.78, 5) is 44.1. The number of imide groups is 1. The van der Waals surface area contributed by atoms with Crippen LogP contribution in [0.5, 0.6) is 0 Å². The van der Waals surface area contributed by atoms with Gasteiger partial charge in [0.05, 0.1) is 11.1 Å². The molecule has 1 aromatic carbocycles. The zero-order valence-corrected chi connectivity index (χ0v) is 20.5. The third-order valence-corrected chi connectivity index (χ3v) is 7.59. The number of aromatic nitrogens is 1. The summed E-state index contributed by atoms with van der Waals surface area (Å²) in [5.41, 5.74) is 7.52. The van der Waals surface area contributed by atoms with Crippen LogP contribution in [0.2, 0.25) is 0 Å². The van der Waals surface area contributed by atoms with Gasteiger partial charge < -0.3 is 15.4 Å². The highest BCUT2D eigenvalue weighted by Gasteiger charge is 2.39. The van der Waals surface area contributed by atoms with Crippen molar-refractivity contribution in [3.8, 4) is 12.1 Å². The van der Waals surface area contributed by atoms with Crippen LogP contribution in [-0.4, -0.2) is 53.5 Å². The average molecular weight is 505 g/mol. The zero-order chi connectivity index (χ0) is 25.8. The maximum absolute atomic E-state index is 12.3. The van der Waals surface area contributed by atoms with Gasteiger partial charge in [0.1, 0.15) is 28.2 Å². The first-order valence-electron chi connectivity index (χ1n) is 11.5. The van der Waals surface area contributed by atoms with Crippen LogP contribution in [0.3, 0.4) is 0 Å². The molecule has 2 N–H and O–H groups in total. The number of hydrogen-bond donors (Lipinski definition) is 1. The molecule has 2 fully saturated rings. The van der Waals surface area contributed by atoms with Gasteiger partial charge in [0.25, 0.3) is 5.91 Å². The third-order valence-electron chi connectivity index (χ3n) is 6.33. The monoisotopic (exact) mass is 504 g/mol. The van der Waals surface area contributed by atoms with E-state index in [4.69, 9.17) is 15.5 Å². The first-order valence-corrected chi connectivity index (χ1v) is 12.4. The Labute approximate surface area is 212 Å². The highest BCUT2D eigenvalue weighted by atomic mass is 32.2. The molecule has 0 aliphatic carbocycles. The summed E-state index contributed by atoms with van der Waals surface area (Å²) in [6.07, 6.45) is 0.778. The smallest absolute Gasteiger partial charge is 0.417 e. The number of nitriles is 2. The van der Waals surface area contributed by atoms with E-state index in [1.807, 2.05) is 17.9 Å². The molecule has 0 bridgehead atoms. The van der Waals surface area contributed by atoms with E-state index < -0.39 is 17.3 Å². The number of amides is 3. The lowest BCUT2D eigenvalue weighted by Crippen LogP contribution is -2.47. The van der Waals surface area contributed by atoms with Crippen molar-refractivity contribution < 1.29 is 19.1 Å². The average Bonchev–Trinajstić information content (AvgIpc) is 3.24. The predicted octanol–water partition coefficient (Wildman–Crippen LogP) is 2.65. The number of thioether (sulfide) groups is 1. The number of nitrogens with two attached hydrogens (primary N) is 1. The number of benzene rings is 1. The first-order chi connectivity index (χ1) is 17.4. The Kier molecular flexibility index (Phi) is 7.41. The topological polar surface area (TPSA) is 153 Å². The molecule has 1 unspecified atom stereocenters. The van der Waals surface area contributed by atoms with Crippen LogP contribution in [0.25, 0.3) is 0 Å². The fourth-order valence-electron chi connectivity index (χ4n) is 4.58. The Hall–Kier alpha value is -4.09. The van der Waals surface area contributed by atoms with Crippen molar-refractivity contribution in [3.63, 3.8) is 0 Å². The molecule has 2 aliphatic heterocycles. The highest BCUT2D eigenvalue weighted by molar-refractivity contribution is 8.00. The lowest BCUT2D eigenvalue weighted by Gasteiger charge is -2.36. The molecule has 36 heavy (non-hydrogen) atoms. The Morgan fingerprint density at radius 2 is 1.86 bits per heavy atom. The molecule has 184 valence electrons. The minimum Gasteiger partial charge on any atom is -0.439 e. The summed E-state index contributed by atoms with van der Waals surface area (Å²) in [6, 6.07) is 13.1. The molecule has 2 saturated heterocycles. The van der Waals surface area contributed by atoms with E-state index in [9.17, 15) is 24.9 Å². The zero-order valence-electron chi connectivity index (χ0n) is 19.6. The van der Waals surface area contributed by atoms with Crippen molar-refractivity contribution in [3.05, 3.63) is 52.6 Å². The number of rotatable bonds is 7. The third kappa shape index (κ3) is 4.70. The van der Waals surface area contributed by atoms with Gasteiger partial charge in [0, 0.05) is 19.1 Å². The van der Waals surface area contributed by atoms with Crippen molar-refractivity contribution in [2.75, 3.05) is 24.6 Å². The largest absolute Gasteiger partial charge is 0.439 e. The summed E-state index contributed by atoms with van der Waals surface area (Å²) in [7, 11) is 0. The molecule has 1 aromatic heterocycles. The molecule has 2 aliphatic rings. The number of anilines is 1. The van der Waals surface area contributed by atoms with Crippen molar-refractivity contribution >= 4 is 35.5 Å². The number of piperidine rings is 1. The van der Waals surface area contributed by atoms with E-state index in [1.165, 1.54) is 4.90 Å². The van der Waals surface area contributed by atoms with Crippen molar-refractivity contribution in [1.29, 1.82) is 10.5 Å². The summed E-state index contributed by atoms with van der Waals surface area (Å²) in [5, 5.41) is 19.5. The van der Waals surface area contributed by atoms with Crippen LogP contribution < -0.4 is 10.6 Å². The number of carbonyl (C=O) groups is 3. The van der Waals surface area contributed by atoms with E-state index in [2.05, 4.69) is 12.1 Å². The normalized spacial score (nSPS) is 16.9. The van der Waals surface area contributed by atoms with E-state index in [0.29, 0.717) is 59.9 Å². The van der Waals surface area contributed by atoms with Gasteiger partial charge in [-0.05, 0) is 30.4 Å². The summed E-state index contributed by atoms with van der Waals surface area (Å²) < 4.78 is 4.84. The molecule has 0 spiro atoms. The van der Waals surface area contributed by atoms with Gasteiger partial charge in [0.2, 0.25) is 5.91 Å². The number of pyridine rings is 1. The van der Waals surface area contributed by atoms with E-state index in [-0.39, 0.29) is 24.1 Å². The standard InChI is InChI=1S/C25H24N6O4S/c1-2-17-18(12-26)23(30-10-8-16(9-11-30)31-20(32)14-35-25(31)34)29-24(19(17)13-27)36-21(22(28)33)15-6-4-3-5-7-15/h3-7,16,21H,2,8-11,14H2,1H3,(H2,28,33). The highest BCUT2D eigenvalue weighted by Crippen LogP contribution is 2.40. The van der Waals surface area contributed by atoms with Gasteiger partial charge in [-0.3, -0.25) is 9.59 Å². The Morgan fingerprint density at radius 3 is 2.39 bits per heavy atom. The molecular formula is C25H24N6O4S. The van der Waals surface area contributed by atoms with Crippen LogP contribution >= 0.6 is 11.8 Å². The Morgan fingerprint density at radius 1 is 1.19 bits per heavy atom. The molecule has 3 heterocycles. The Balaban J connectivity index is 1.69. The molecule has 3 amide bonds. The fourth-order valence-corrected chi connectivity index (χ4v) is 5.64. The molecule has 4 rings (SSSR count). The second kappa shape index (κ2) is 10.7. The second-order valence-electron chi connectivity index (χ2n) is 8.39.